The third-order valence-corrected chi connectivity index (χ3v) is 2.93. The van der Waals surface area contributed by atoms with Crippen LogP contribution in [0.5, 0.6) is 5.75 Å². The summed E-state index contributed by atoms with van der Waals surface area (Å²) in [6.07, 6.45) is 1.22. The summed E-state index contributed by atoms with van der Waals surface area (Å²) in [5, 5.41) is 20.8. The van der Waals surface area contributed by atoms with Gasteiger partial charge < -0.3 is 19.9 Å². The van der Waals surface area contributed by atoms with Gasteiger partial charge in [-0.15, -0.1) is 0 Å². The maximum atomic E-state index is 11.9. The third-order valence-electron chi connectivity index (χ3n) is 2.93. The number of oxazole rings is 1. The highest BCUT2D eigenvalue weighted by atomic mass is 16.4. The summed E-state index contributed by atoms with van der Waals surface area (Å²) in [6, 6.07) is 4.99. The maximum Gasteiger partial charge on any atom is 0.326 e. The summed E-state index contributed by atoms with van der Waals surface area (Å²) in [4.78, 5) is 27.0. The van der Waals surface area contributed by atoms with E-state index in [0.717, 1.165) is 6.39 Å². The summed E-state index contributed by atoms with van der Waals surface area (Å²) >= 11 is 0. The molecule has 7 heteroatoms. The van der Waals surface area contributed by atoms with E-state index in [4.69, 9.17) is 4.42 Å². The Bertz CT molecular complexity index is 648. The van der Waals surface area contributed by atoms with Crippen LogP contribution in [0.2, 0.25) is 0 Å². The first-order valence-corrected chi connectivity index (χ1v) is 6.19. The van der Waals surface area contributed by atoms with E-state index in [0.29, 0.717) is 11.3 Å². The molecule has 7 nitrogen and oxygen atoms in total. The summed E-state index contributed by atoms with van der Waals surface area (Å²) < 4.78 is 4.92. The molecule has 0 aliphatic heterocycles. The minimum absolute atomic E-state index is 0.00745. The zero-order chi connectivity index (χ0) is 15.4. The Balaban J connectivity index is 2.09. The molecule has 1 amide bonds. The predicted molar refractivity (Wildman–Crippen MR) is 71.9 cm³/mol. The Kier molecular flexibility index (Phi) is 4.22. The van der Waals surface area contributed by atoms with Gasteiger partial charge in [0.2, 0.25) is 5.76 Å². The summed E-state index contributed by atoms with van der Waals surface area (Å²) in [5.41, 5.74) is 1.07. The molecule has 0 saturated heterocycles. The number of carboxylic acids is 1. The lowest BCUT2D eigenvalue weighted by Gasteiger charge is -2.14. The number of nitrogens with zero attached hydrogens (tertiary/aromatic N) is 1. The van der Waals surface area contributed by atoms with Crippen LogP contribution in [0.3, 0.4) is 0 Å². The molecule has 1 aromatic heterocycles. The van der Waals surface area contributed by atoms with Gasteiger partial charge >= 0.3 is 5.97 Å². The molecule has 110 valence electrons. The largest absolute Gasteiger partial charge is 0.508 e. The molecular formula is C14H14N2O5. The van der Waals surface area contributed by atoms with Gasteiger partial charge in [0.1, 0.15) is 11.8 Å². The van der Waals surface area contributed by atoms with Crippen LogP contribution >= 0.6 is 0 Å². The molecule has 1 atom stereocenters. The van der Waals surface area contributed by atoms with Gasteiger partial charge in [-0.25, -0.2) is 9.78 Å². The molecule has 0 bridgehead atoms. The van der Waals surface area contributed by atoms with Gasteiger partial charge in [-0.05, 0) is 24.6 Å². The first-order valence-electron chi connectivity index (χ1n) is 6.19. The van der Waals surface area contributed by atoms with E-state index in [9.17, 15) is 19.8 Å². The van der Waals surface area contributed by atoms with E-state index in [1.807, 2.05) is 0 Å². The van der Waals surface area contributed by atoms with Crippen molar-refractivity contribution in [2.24, 2.45) is 0 Å². The van der Waals surface area contributed by atoms with Crippen molar-refractivity contribution < 1.29 is 24.2 Å². The lowest BCUT2D eigenvalue weighted by molar-refractivity contribution is -0.139. The number of benzene rings is 1. The van der Waals surface area contributed by atoms with Gasteiger partial charge in [-0.2, -0.15) is 0 Å². The van der Waals surface area contributed by atoms with E-state index in [2.05, 4.69) is 10.3 Å². The fourth-order valence-electron chi connectivity index (χ4n) is 1.81. The number of aromatic nitrogens is 1. The van der Waals surface area contributed by atoms with E-state index in [-0.39, 0.29) is 17.9 Å². The van der Waals surface area contributed by atoms with Crippen molar-refractivity contribution in [3.8, 4) is 5.75 Å². The van der Waals surface area contributed by atoms with Crippen LogP contribution < -0.4 is 5.32 Å². The first-order chi connectivity index (χ1) is 9.97. The second kappa shape index (κ2) is 6.08. The zero-order valence-electron chi connectivity index (χ0n) is 11.2. The molecule has 21 heavy (non-hydrogen) atoms. The van der Waals surface area contributed by atoms with Crippen molar-refractivity contribution in [3.05, 3.63) is 47.7 Å². The van der Waals surface area contributed by atoms with Crippen LogP contribution in [0.15, 0.2) is 35.1 Å². The van der Waals surface area contributed by atoms with Crippen molar-refractivity contribution in [2.75, 3.05) is 0 Å². The van der Waals surface area contributed by atoms with E-state index in [1.54, 1.807) is 19.1 Å². The second-order valence-corrected chi connectivity index (χ2v) is 4.50. The van der Waals surface area contributed by atoms with Crippen molar-refractivity contribution in [1.82, 2.24) is 10.3 Å². The number of aliphatic carboxylic acids is 1. The van der Waals surface area contributed by atoms with Crippen LogP contribution in [-0.4, -0.2) is 33.1 Å². The normalized spacial score (nSPS) is 11.9. The quantitative estimate of drug-likeness (QED) is 0.760. The Labute approximate surface area is 120 Å². The number of rotatable bonds is 5. The Morgan fingerprint density at radius 1 is 1.33 bits per heavy atom. The molecule has 1 heterocycles. The smallest absolute Gasteiger partial charge is 0.326 e. The number of carbonyl (C=O) groups excluding carboxylic acids is 1. The molecule has 0 aliphatic carbocycles. The van der Waals surface area contributed by atoms with Gasteiger partial charge in [0.25, 0.3) is 5.91 Å². The van der Waals surface area contributed by atoms with Gasteiger partial charge in [-0.1, -0.05) is 12.1 Å². The SMILES string of the molecule is Cc1ncoc1C(=O)N[C@H](Cc1ccc(O)cc1)C(=O)O. The van der Waals surface area contributed by atoms with Crippen LogP contribution in [0, 0.1) is 6.92 Å². The molecule has 0 unspecified atom stereocenters. The lowest BCUT2D eigenvalue weighted by Crippen LogP contribution is -2.42. The van der Waals surface area contributed by atoms with Crippen LogP contribution in [0.4, 0.5) is 0 Å². The Morgan fingerprint density at radius 3 is 2.52 bits per heavy atom. The van der Waals surface area contributed by atoms with E-state index >= 15 is 0 Å². The highest BCUT2D eigenvalue weighted by Crippen LogP contribution is 2.12. The zero-order valence-corrected chi connectivity index (χ0v) is 11.2. The number of nitrogens with one attached hydrogen (secondary N) is 1. The van der Waals surface area contributed by atoms with Crippen molar-refractivity contribution in [1.29, 1.82) is 0 Å². The molecule has 3 N–H and O–H groups in total. The number of phenols is 1. The van der Waals surface area contributed by atoms with Crippen molar-refractivity contribution >= 4 is 11.9 Å². The lowest BCUT2D eigenvalue weighted by atomic mass is 10.1. The number of phenolic OH excluding ortho intramolecular Hbond substituents is 1. The van der Waals surface area contributed by atoms with Gasteiger partial charge in [-0.3, -0.25) is 4.79 Å². The fourth-order valence-corrected chi connectivity index (χ4v) is 1.81. The maximum absolute atomic E-state index is 11.9. The fraction of sp³-hybridized carbons (Fsp3) is 0.214. The molecule has 0 spiro atoms. The number of aryl methyl sites for hydroxylation is 1. The number of aromatic hydroxyl groups is 1. The highest BCUT2D eigenvalue weighted by molar-refractivity contribution is 5.95. The topological polar surface area (TPSA) is 113 Å². The van der Waals surface area contributed by atoms with Crippen LogP contribution in [-0.2, 0) is 11.2 Å². The third kappa shape index (κ3) is 3.59. The molecule has 0 radical (unpaired) electrons. The summed E-state index contributed by atoms with van der Waals surface area (Å²) in [6.45, 7) is 1.59. The number of hydrogen-bond donors (Lipinski definition) is 3. The molecule has 2 rings (SSSR count). The highest BCUT2D eigenvalue weighted by Gasteiger charge is 2.23. The average Bonchev–Trinajstić information content (AvgIpc) is 2.86. The summed E-state index contributed by atoms with van der Waals surface area (Å²) in [5.74, 6) is -1.70. The van der Waals surface area contributed by atoms with E-state index < -0.39 is 17.9 Å². The number of carboxylic acid groups (broad SMARTS) is 1. The molecule has 0 aliphatic rings. The van der Waals surface area contributed by atoms with Crippen LogP contribution in [0.1, 0.15) is 21.8 Å². The monoisotopic (exact) mass is 290 g/mol. The molecule has 0 saturated carbocycles. The molecule has 1 aromatic carbocycles. The van der Waals surface area contributed by atoms with Gasteiger partial charge in [0.15, 0.2) is 6.39 Å². The minimum atomic E-state index is -1.16. The van der Waals surface area contributed by atoms with Gasteiger partial charge in [0, 0.05) is 6.42 Å². The molecule has 2 aromatic rings. The number of amides is 1. The second-order valence-electron chi connectivity index (χ2n) is 4.50. The number of carbonyl (C=O) groups is 2. The Morgan fingerprint density at radius 2 is 2.00 bits per heavy atom. The minimum Gasteiger partial charge on any atom is -0.508 e. The number of hydrogen-bond acceptors (Lipinski definition) is 5. The average molecular weight is 290 g/mol. The van der Waals surface area contributed by atoms with Crippen molar-refractivity contribution in [3.63, 3.8) is 0 Å². The Hall–Kier alpha value is -2.83. The van der Waals surface area contributed by atoms with Crippen LogP contribution in [0.25, 0.3) is 0 Å². The summed E-state index contributed by atoms with van der Waals surface area (Å²) in [7, 11) is 0. The predicted octanol–water partition coefficient (Wildman–Crippen LogP) is 1.11. The molecular weight excluding hydrogens is 276 g/mol. The van der Waals surface area contributed by atoms with E-state index in [1.165, 1.54) is 12.1 Å². The molecule has 0 fully saturated rings. The van der Waals surface area contributed by atoms with Gasteiger partial charge in [0.05, 0.1) is 5.69 Å². The first kappa shape index (κ1) is 14.6. The standard InChI is InChI=1S/C14H14N2O5/c1-8-12(21-7-15-8)13(18)16-11(14(19)20)6-9-2-4-10(17)5-3-9/h2-5,7,11,17H,6H2,1H3,(H,16,18)(H,19,20)/t11-/m1/s1. The van der Waals surface area contributed by atoms with Crippen molar-refractivity contribution in [2.45, 2.75) is 19.4 Å².